The van der Waals surface area contributed by atoms with Crippen LogP contribution in [0.15, 0.2) is 24.5 Å². The Labute approximate surface area is 123 Å². The van der Waals surface area contributed by atoms with Crippen LogP contribution in [0.5, 0.6) is 0 Å². The molecule has 0 aliphatic heterocycles. The topological polar surface area (TPSA) is 84.7 Å². The Hall–Kier alpha value is -2.47. The first kappa shape index (κ1) is 13.5. The molecule has 0 amide bonds. The molecule has 0 spiro atoms. The van der Waals surface area contributed by atoms with E-state index in [2.05, 4.69) is 15.2 Å². The van der Waals surface area contributed by atoms with Gasteiger partial charge in [-0.3, -0.25) is 9.89 Å². The highest BCUT2D eigenvalue weighted by atomic mass is 35.5. The Morgan fingerprint density at radius 1 is 1.38 bits per heavy atom. The fourth-order valence-electron chi connectivity index (χ4n) is 2.10. The summed E-state index contributed by atoms with van der Waals surface area (Å²) < 4.78 is 13.6. The molecule has 5 nitrogen and oxygen atoms in total. The number of fused-ring (bicyclic) bond motifs is 1. The summed E-state index contributed by atoms with van der Waals surface area (Å²) in [5, 5.41) is 7.05. The van der Waals surface area contributed by atoms with Gasteiger partial charge in [-0.05, 0) is 24.6 Å². The van der Waals surface area contributed by atoms with Crippen molar-refractivity contribution >= 4 is 34.0 Å². The van der Waals surface area contributed by atoms with Gasteiger partial charge in [0.2, 0.25) is 5.78 Å². The first-order chi connectivity index (χ1) is 10.0. The summed E-state index contributed by atoms with van der Waals surface area (Å²) in [6.45, 7) is 1.70. The van der Waals surface area contributed by atoms with Crippen molar-refractivity contribution in [3.8, 4) is 0 Å². The van der Waals surface area contributed by atoms with Crippen LogP contribution in [-0.2, 0) is 0 Å². The van der Waals surface area contributed by atoms with Gasteiger partial charge in [-0.1, -0.05) is 11.6 Å². The largest absolute Gasteiger partial charge is 0.397 e. The molecule has 0 saturated carbocycles. The van der Waals surface area contributed by atoms with Gasteiger partial charge in [-0.25, -0.2) is 9.37 Å². The minimum absolute atomic E-state index is 0.0889. The van der Waals surface area contributed by atoms with Crippen molar-refractivity contribution in [2.24, 2.45) is 0 Å². The molecule has 7 heteroatoms. The van der Waals surface area contributed by atoms with Gasteiger partial charge >= 0.3 is 0 Å². The third-order valence-electron chi connectivity index (χ3n) is 3.35. The molecule has 3 N–H and O–H groups in total. The summed E-state index contributed by atoms with van der Waals surface area (Å²) in [6, 6.07) is 2.59. The van der Waals surface area contributed by atoms with Crippen molar-refractivity contribution in [2.45, 2.75) is 6.92 Å². The molecule has 3 rings (SSSR count). The number of hydrogen-bond acceptors (Lipinski definition) is 4. The van der Waals surface area contributed by atoms with E-state index in [-0.39, 0.29) is 22.5 Å². The van der Waals surface area contributed by atoms with Crippen molar-refractivity contribution in [3.05, 3.63) is 52.2 Å². The van der Waals surface area contributed by atoms with E-state index >= 15 is 0 Å². The lowest BCUT2D eigenvalue weighted by Gasteiger charge is -2.08. The number of pyridine rings is 1. The molecular formula is C14H10ClFN4O. The molecule has 0 unspecified atom stereocenters. The lowest BCUT2D eigenvalue weighted by molar-refractivity contribution is 0.103. The third kappa shape index (κ3) is 2.04. The van der Waals surface area contributed by atoms with Crippen LogP contribution in [0.2, 0.25) is 5.02 Å². The lowest BCUT2D eigenvalue weighted by Crippen LogP contribution is -2.10. The molecule has 2 heterocycles. The van der Waals surface area contributed by atoms with E-state index in [0.29, 0.717) is 16.0 Å². The van der Waals surface area contributed by atoms with Gasteiger partial charge in [0, 0.05) is 17.1 Å². The van der Waals surface area contributed by atoms with E-state index in [1.54, 1.807) is 6.92 Å². The summed E-state index contributed by atoms with van der Waals surface area (Å²) in [7, 11) is 0. The molecule has 0 aliphatic rings. The molecule has 0 radical (unpaired) electrons. The number of rotatable bonds is 2. The van der Waals surface area contributed by atoms with Crippen molar-refractivity contribution in [2.75, 3.05) is 5.73 Å². The van der Waals surface area contributed by atoms with Gasteiger partial charge in [-0.2, -0.15) is 5.10 Å². The molecule has 0 fully saturated rings. The van der Waals surface area contributed by atoms with Gasteiger partial charge in [0.05, 0.1) is 16.9 Å². The number of carbonyl (C=O) groups is 1. The fourth-order valence-corrected chi connectivity index (χ4v) is 2.25. The molecule has 0 atom stereocenters. The van der Waals surface area contributed by atoms with E-state index in [0.717, 1.165) is 0 Å². The normalized spacial score (nSPS) is 11.0. The zero-order chi connectivity index (χ0) is 15.1. The molecular weight excluding hydrogens is 295 g/mol. The van der Waals surface area contributed by atoms with Crippen LogP contribution >= 0.6 is 11.6 Å². The van der Waals surface area contributed by atoms with Gasteiger partial charge < -0.3 is 5.73 Å². The predicted molar refractivity (Wildman–Crippen MR) is 77.9 cm³/mol. The van der Waals surface area contributed by atoms with Crippen molar-refractivity contribution in [3.63, 3.8) is 0 Å². The standard InChI is InChI=1S/C14H10ClFN4O/c1-6-9(15)5-18-13(11(6)17)14(21)7-2-3-10(16)12-8(7)4-19-20-12/h2-5H,17H2,1H3,(H,19,20). The van der Waals surface area contributed by atoms with Gasteiger partial charge in [0.1, 0.15) is 17.0 Å². The summed E-state index contributed by atoms with van der Waals surface area (Å²) in [4.78, 5) is 16.6. The maximum atomic E-state index is 13.6. The molecule has 0 bridgehead atoms. The summed E-state index contributed by atoms with van der Waals surface area (Å²) in [5.41, 5.74) is 7.24. The average Bonchev–Trinajstić information content (AvgIpc) is 2.95. The van der Waals surface area contributed by atoms with Gasteiger partial charge in [0.25, 0.3) is 0 Å². The first-order valence-corrected chi connectivity index (χ1v) is 6.45. The number of nitrogens with zero attached hydrogens (tertiary/aromatic N) is 2. The highest BCUT2D eigenvalue weighted by molar-refractivity contribution is 6.32. The molecule has 0 aliphatic carbocycles. The molecule has 1 aromatic carbocycles. The second-order valence-corrected chi connectivity index (χ2v) is 4.98. The average molecular weight is 305 g/mol. The van der Waals surface area contributed by atoms with E-state index in [4.69, 9.17) is 17.3 Å². The van der Waals surface area contributed by atoms with Crippen molar-refractivity contribution < 1.29 is 9.18 Å². The Balaban J connectivity index is 2.20. The number of nitrogens with two attached hydrogens (primary N) is 1. The number of H-pyrrole nitrogens is 1. The van der Waals surface area contributed by atoms with E-state index in [1.165, 1.54) is 24.5 Å². The first-order valence-electron chi connectivity index (χ1n) is 6.07. The van der Waals surface area contributed by atoms with Gasteiger partial charge in [-0.15, -0.1) is 0 Å². The predicted octanol–water partition coefficient (Wildman–Crippen LogP) is 2.87. The maximum Gasteiger partial charge on any atom is 0.214 e. The van der Waals surface area contributed by atoms with Crippen LogP contribution in [-0.4, -0.2) is 21.0 Å². The molecule has 2 aromatic heterocycles. The summed E-state index contributed by atoms with van der Waals surface area (Å²) >= 11 is 5.92. The molecule has 106 valence electrons. The zero-order valence-electron chi connectivity index (χ0n) is 10.9. The molecule has 0 saturated heterocycles. The minimum Gasteiger partial charge on any atom is -0.397 e. The SMILES string of the molecule is Cc1c(Cl)cnc(C(=O)c2ccc(F)c3[nH]ncc23)c1N. The van der Waals surface area contributed by atoms with E-state index in [1.807, 2.05) is 0 Å². The molecule has 3 aromatic rings. The third-order valence-corrected chi connectivity index (χ3v) is 3.73. The number of aromatic nitrogens is 3. The number of carbonyl (C=O) groups excluding carboxylic acids is 1. The number of nitrogen functional groups attached to an aromatic ring is 1. The summed E-state index contributed by atoms with van der Waals surface area (Å²) in [5.74, 6) is -0.883. The van der Waals surface area contributed by atoms with Crippen LogP contribution in [0.1, 0.15) is 21.6 Å². The quantitative estimate of drug-likeness (QED) is 0.713. The number of halogens is 2. The van der Waals surface area contributed by atoms with E-state index < -0.39 is 11.6 Å². The molecule has 21 heavy (non-hydrogen) atoms. The van der Waals surface area contributed by atoms with Crippen LogP contribution in [0, 0.1) is 12.7 Å². The number of benzene rings is 1. The number of nitrogens with one attached hydrogen (secondary N) is 1. The smallest absolute Gasteiger partial charge is 0.214 e. The second-order valence-electron chi connectivity index (χ2n) is 4.58. The number of aromatic amines is 1. The van der Waals surface area contributed by atoms with Crippen LogP contribution < -0.4 is 5.73 Å². The number of hydrogen-bond donors (Lipinski definition) is 2. The minimum atomic E-state index is -0.479. The Morgan fingerprint density at radius 2 is 2.14 bits per heavy atom. The fraction of sp³-hybridized carbons (Fsp3) is 0.0714. The van der Waals surface area contributed by atoms with Gasteiger partial charge in [0.15, 0.2) is 0 Å². The van der Waals surface area contributed by atoms with Crippen LogP contribution in [0.25, 0.3) is 10.9 Å². The summed E-state index contributed by atoms with van der Waals surface area (Å²) in [6.07, 6.45) is 2.77. The maximum absolute atomic E-state index is 13.6. The second kappa shape index (κ2) is 4.82. The Bertz CT molecular complexity index is 875. The van der Waals surface area contributed by atoms with Crippen LogP contribution in [0.3, 0.4) is 0 Å². The van der Waals surface area contributed by atoms with E-state index in [9.17, 15) is 9.18 Å². The highest BCUT2D eigenvalue weighted by Crippen LogP contribution is 2.27. The van der Waals surface area contributed by atoms with Crippen molar-refractivity contribution in [1.82, 2.24) is 15.2 Å². The Morgan fingerprint density at radius 3 is 2.90 bits per heavy atom. The van der Waals surface area contributed by atoms with Crippen molar-refractivity contribution in [1.29, 1.82) is 0 Å². The zero-order valence-corrected chi connectivity index (χ0v) is 11.7. The monoisotopic (exact) mass is 304 g/mol. The Kier molecular flexibility index (Phi) is 3.10. The lowest BCUT2D eigenvalue weighted by atomic mass is 10.0. The number of anilines is 1. The number of ketones is 1. The van der Waals surface area contributed by atoms with Crippen LogP contribution in [0.4, 0.5) is 10.1 Å². The highest BCUT2D eigenvalue weighted by Gasteiger charge is 2.20.